The van der Waals surface area contributed by atoms with Gasteiger partial charge in [-0.3, -0.25) is 4.79 Å². The zero-order chi connectivity index (χ0) is 17.8. The standard InChI is InChI=1S/C16H14F2N4OS2/c1-2-22-15(12-7-4-8-24-12)20-21-16(22)25-9-13(23)19-14-10(17)5-3-6-11(14)18/h3-8H,2,9H2,1H3,(H,19,23). The van der Waals surface area contributed by atoms with Crippen LogP contribution in [0.3, 0.4) is 0 Å². The van der Waals surface area contributed by atoms with Gasteiger partial charge in [0.2, 0.25) is 5.91 Å². The van der Waals surface area contributed by atoms with Gasteiger partial charge in [0.15, 0.2) is 11.0 Å². The van der Waals surface area contributed by atoms with Gasteiger partial charge in [-0.1, -0.05) is 23.9 Å². The van der Waals surface area contributed by atoms with Gasteiger partial charge < -0.3 is 9.88 Å². The largest absolute Gasteiger partial charge is 0.320 e. The van der Waals surface area contributed by atoms with Gasteiger partial charge in [0.1, 0.15) is 17.3 Å². The minimum absolute atomic E-state index is 0.0314. The van der Waals surface area contributed by atoms with Gasteiger partial charge in [-0.2, -0.15) is 0 Å². The number of hydrogen-bond donors (Lipinski definition) is 1. The van der Waals surface area contributed by atoms with Crippen LogP contribution in [0.2, 0.25) is 0 Å². The highest BCUT2D eigenvalue weighted by atomic mass is 32.2. The molecule has 0 aliphatic heterocycles. The van der Waals surface area contributed by atoms with Gasteiger partial charge in [-0.05, 0) is 30.5 Å². The Labute approximate surface area is 151 Å². The van der Waals surface area contributed by atoms with E-state index in [4.69, 9.17) is 0 Å². The van der Waals surface area contributed by atoms with E-state index in [0.717, 1.165) is 22.8 Å². The fourth-order valence-corrected chi connectivity index (χ4v) is 3.71. The van der Waals surface area contributed by atoms with Crippen LogP contribution in [0.15, 0.2) is 40.9 Å². The number of nitrogens with zero attached hydrogens (tertiary/aromatic N) is 3. The third-order valence-corrected chi connectivity index (χ3v) is 5.17. The van der Waals surface area contributed by atoms with Crippen molar-refractivity contribution >= 4 is 34.7 Å². The molecule has 25 heavy (non-hydrogen) atoms. The molecule has 0 saturated carbocycles. The van der Waals surface area contributed by atoms with E-state index in [1.807, 2.05) is 29.0 Å². The molecule has 0 atom stereocenters. The number of aromatic nitrogens is 3. The molecule has 9 heteroatoms. The summed E-state index contributed by atoms with van der Waals surface area (Å²) in [6, 6.07) is 7.30. The number of anilines is 1. The summed E-state index contributed by atoms with van der Waals surface area (Å²) in [5, 5.41) is 13.1. The van der Waals surface area contributed by atoms with E-state index in [9.17, 15) is 13.6 Å². The molecule has 0 spiro atoms. The highest BCUT2D eigenvalue weighted by Crippen LogP contribution is 2.27. The lowest BCUT2D eigenvalue weighted by molar-refractivity contribution is -0.113. The van der Waals surface area contributed by atoms with Crippen LogP contribution in [0.5, 0.6) is 0 Å². The predicted molar refractivity (Wildman–Crippen MR) is 94.7 cm³/mol. The average Bonchev–Trinajstić information content (AvgIpc) is 3.25. The monoisotopic (exact) mass is 380 g/mol. The second kappa shape index (κ2) is 7.75. The van der Waals surface area contributed by atoms with Gasteiger partial charge in [0.05, 0.1) is 10.6 Å². The maximum absolute atomic E-state index is 13.6. The molecule has 0 unspecified atom stereocenters. The molecule has 1 amide bonds. The van der Waals surface area contributed by atoms with Gasteiger partial charge in [0.25, 0.3) is 0 Å². The molecule has 0 bridgehead atoms. The minimum atomic E-state index is -0.810. The van der Waals surface area contributed by atoms with E-state index < -0.39 is 23.2 Å². The van der Waals surface area contributed by atoms with Gasteiger partial charge in [0, 0.05) is 6.54 Å². The number of thiophene rings is 1. The molecule has 1 aromatic carbocycles. The van der Waals surface area contributed by atoms with Crippen molar-refractivity contribution in [3.8, 4) is 10.7 Å². The summed E-state index contributed by atoms with van der Waals surface area (Å²) >= 11 is 2.72. The number of carbonyl (C=O) groups is 1. The first-order valence-electron chi connectivity index (χ1n) is 7.44. The lowest BCUT2D eigenvalue weighted by Gasteiger charge is -2.08. The van der Waals surface area contributed by atoms with E-state index in [1.54, 1.807) is 11.3 Å². The number of nitrogens with one attached hydrogen (secondary N) is 1. The summed E-state index contributed by atoms with van der Waals surface area (Å²) in [5.41, 5.74) is -0.440. The molecular weight excluding hydrogens is 366 g/mol. The fourth-order valence-electron chi connectivity index (χ4n) is 2.19. The lowest BCUT2D eigenvalue weighted by atomic mass is 10.3. The van der Waals surface area contributed by atoms with Crippen molar-refractivity contribution in [3.05, 3.63) is 47.3 Å². The smallest absolute Gasteiger partial charge is 0.235 e. The molecule has 5 nitrogen and oxygen atoms in total. The predicted octanol–water partition coefficient (Wildman–Crippen LogP) is 4.04. The Morgan fingerprint density at radius 3 is 2.64 bits per heavy atom. The summed E-state index contributed by atoms with van der Waals surface area (Å²) in [4.78, 5) is 13.0. The molecule has 130 valence electrons. The molecule has 3 aromatic rings. The van der Waals surface area contributed by atoms with E-state index in [2.05, 4.69) is 15.5 Å². The topological polar surface area (TPSA) is 59.8 Å². The van der Waals surface area contributed by atoms with Crippen LogP contribution in [0, 0.1) is 11.6 Å². The van der Waals surface area contributed by atoms with E-state index in [0.29, 0.717) is 11.7 Å². The fraction of sp³-hybridized carbons (Fsp3) is 0.188. The molecule has 0 aliphatic rings. The number of benzene rings is 1. The van der Waals surface area contributed by atoms with Crippen molar-refractivity contribution < 1.29 is 13.6 Å². The molecule has 1 N–H and O–H groups in total. The van der Waals surface area contributed by atoms with Crippen LogP contribution in [-0.2, 0) is 11.3 Å². The highest BCUT2D eigenvalue weighted by Gasteiger charge is 2.16. The summed E-state index contributed by atoms with van der Waals surface area (Å²) in [6.45, 7) is 2.60. The van der Waals surface area contributed by atoms with Gasteiger partial charge in [-0.25, -0.2) is 8.78 Å². The number of thioether (sulfide) groups is 1. The first-order valence-corrected chi connectivity index (χ1v) is 9.30. The molecule has 0 saturated heterocycles. The van der Waals surface area contributed by atoms with Crippen LogP contribution < -0.4 is 5.32 Å². The Balaban J connectivity index is 1.69. The Morgan fingerprint density at radius 2 is 2.00 bits per heavy atom. The number of halogens is 2. The third kappa shape index (κ3) is 3.88. The summed E-state index contributed by atoms with van der Waals surface area (Å²) in [6.07, 6.45) is 0. The quantitative estimate of drug-likeness (QED) is 0.656. The summed E-state index contributed by atoms with van der Waals surface area (Å²) in [5.74, 6) is -1.43. The van der Waals surface area contributed by atoms with Crippen molar-refractivity contribution in [2.75, 3.05) is 11.1 Å². The Kier molecular flexibility index (Phi) is 5.44. The summed E-state index contributed by atoms with van der Waals surface area (Å²) < 4.78 is 29.0. The van der Waals surface area contributed by atoms with Crippen LogP contribution in [0.25, 0.3) is 10.7 Å². The molecule has 0 aliphatic carbocycles. The lowest BCUT2D eigenvalue weighted by Crippen LogP contribution is -2.16. The number of para-hydroxylation sites is 1. The average molecular weight is 380 g/mol. The Bertz CT molecular complexity index is 860. The van der Waals surface area contributed by atoms with Crippen molar-refractivity contribution in [3.63, 3.8) is 0 Å². The van der Waals surface area contributed by atoms with E-state index in [-0.39, 0.29) is 5.75 Å². The SMILES string of the molecule is CCn1c(SCC(=O)Nc2c(F)cccc2F)nnc1-c1cccs1. The van der Waals surface area contributed by atoms with E-state index >= 15 is 0 Å². The second-order valence-corrected chi connectivity index (χ2v) is 6.85. The second-order valence-electron chi connectivity index (χ2n) is 4.96. The zero-order valence-electron chi connectivity index (χ0n) is 13.2. The number of hydrogen-bond acceptors (Lipinski definition) is 5. The number of rotatable bonds is 6. The first kappa shape index (κ1) is 17.6. The molecule has 0 radical (unpaired) electrons. The normalized spacial score (nSPS) is 10.8. The van der Waals surface area contributed by atoms with Crippen molar-refractivity contribution in [1.82, 2.24) is 14.8 Å². The molecule has 2 heterocycles. The number of amides is 1. The molecule has 0 fully saturated rings. The van der Waals surface area contributed by atoms with Crippen LogP contribution >= 0.6 is 23.1 Å². The van der Waals surface area contributed by atoms with Crippen molar-refractivity contribution in [2.24, 2.45) is 0 Å². The van der Waals surface area contributed by atoms with Crippen molar-refractivity contribution in [1.29, 1.82) is 0 Å². The van der Waals surface area contributed by atoms with Gasteiger partial charge in [-0.15, -0.1) is 21.5 Å². The minimum Gasteiger partial charge on any atom is -0.320 e. The Morgan fingerprint density at radius 1 is 1.24 bits per heavy atom. The number of carbonyl (C=O) groups excluding carboxylic acids is 1. The molecule has 2 aromatic heterocycles. The van der Waals surface area contributed by atoms with Crippen LogP contribution in [-0.4, -0.2) is 26.4 Å². The molecule has 3 rings (SSSR count). The third-order valence-electron chi connectivity index (χ3n) is 3.33. The molecular formula is C16H14F2N4OS2. The summed E-state index contributed by atoms with van der Waals surface area (Å²) in [7, 11) is 0. The van der Waals surface area contributed by atoms with E-state index in [1.165, 1.54) is 17.8 Å². The maximum atomic E-state index is 13.6. The van der Waals surface area contributed by atoms with Crippen molar-refractivity contribution in [2.45, 2.75) is 18.6 Å². The first-order chi connectivity index (χ1) is 12.1. The zero-order valence-corrected chi connectivity index (χ0v) is 14.8. The highest BCUT2D eigenvalue weighted by molar-refractivity contribution is 7.99. The van der Waals surface area contributed by atoms with Crippen LogP contribution in [0.4, 0.5) is 14.5 Å². The van der Waals surface area contributed by atoms with Gasteiger partial charge >= 0.3 is 0 Å². The Hall–Kier alpha value is -2.26. The maximum Gasteiger partial charge on any atom is 0.235 e. The van der Waals surface area contributed by atoms with Crippen LogP contribution in [0.1, 0.15) is 6.92 Å².